The molecule has 0 fully saturated rings. The molecule has 0 spiro atoms. The Morgan fingerprint density at radius 1 is 0.821 bits per heavy atom. The molecule has 0 saturated heterocycles. The van der Waals surface area contributed by atoms with Gasteiger partial charge >= 0.3 is 0 Å². The molecule has 4 nitrogen and oxygen atoms in total. The molecule has 0 bridgehead atoms. The van der Waals surface area contributed by atoms with Gasteiger partial charge in [0.1, 0.15) is 0 Å². The van der Waals surface area contributed by atoms with Gasteiger partial charge in [-0.3, -0.25) is 14.9 Å². The van der Waals surface area contributed by atoms with Gasteiger partial charge in [0.15, 0.2) is 5.78 Å². The molecule has 0 aromatic heterocycles. The van der Waals surface area contributed by atoms with Gasteiger partial charge in [-0.05, 0) is 17.7 Å². The predicted octanol–water partition coefficient (Wildman–Crippen LogP) is 6.20. The molecule has 3 atom stereocenters. The smallest absolute Gasteiger partial charge is 0.246 e. The predicted molar refractivity (Wildman–Crippen MR) is 117 cm³/mol. The number of rotatable bonds is 7. The van der Waals surface area contributed by atoms with Gasteiger partial charge in [0.05, 0.1) is 10.7 Å². The zero-order valence-electron chi connectivity index (χ0n) is 14.7. The van der Waals surface area contributed by atoms with E-state index in [0.29, 0.717) is 11.1 Å². The van der Waals surface area contributed by atoms with Crippen LogP contribution in [-0.2, 0) is 0 Å². The highest BCUT2D eigenvalue weighted by molar-refractivity contribution is 9.10. The van der Waals surface area contributed by atoms with Gasteiger partial charge in [-0.1, -0.05) is 105 Å². The van der Waals surface area contributed by atoms with Crippen LogP contribution in [0.4, 0.5) is 0 Å². The monoisotopic (exact) mass is 501 g/mol. The third kappa shape index (κ3) is 4.56. The summed E-state index contributed by atoms with van der Waals surface area (Å²) in [5.41, 5.74) is 1.80. The topological polar surface area (TPSA) is 60.2 Å². The molecule has 3 rings (SSSR count). The first-order chi connectivity index (χ1) is 13.5. The number of Topliss-reactive ketones (excluding diaryl/α,β-unsaturated/α-hetero) is 1. The van der Waals surface area contributed by atoms with Crippen molar-refractivity contribution in [1.82, 2.24) is 0 Å². The van der Waals surface area contributed by atoms with Crippen LogP contribution in [0.25, 0.3) is 0 Å². The Balaban J connectivity index is 2.07. The number of halogens is 2. The number of carbonyl (C=O) groups excluding carboxylic acids is 1. The molecule has 0 aliphatic carbocycles. The standard InChI is InChI=1S/C22H17Br2NO3/c23-18-13-11-17(12-14-18)22(26)20(24)19(15-7-3-1-4-8-15)21(25(27)28)16-9-5-2-6-10-16/h1-14,19-21H/t19-,20+,21-/m1/s1. The highest BCUT2D eigenvalue weighted by atomic mass is 79.9. The van der Waals surface area contributed by atoms with Crippen LogP contribution < -0.4 is 0 Å². The Labute approximate surface area is 180 Å². The van der Waals surface area contributed by atoms with Gasteiger partial charge in [-0.2, -0.15) is 0 Å². The van der Waals surface area contributed by atoms with Gasteiger partial charge in [-0.15, -0.1) is 0 Å². The SMILES string of the molecule is O=C(c1ccc(Br)cc1)[C@@H](Br)[C@@H](c1ccccc1)[C@@H](c1ccccc1)[N+](=O)[O-]. The van der Waals surface area contributed by atoms with Crippen LogP contribution in [0.2, 0.25) is 0 Å². The van der Waals surface area contributed by atoms with Crippen molar-refractivity contribution in [2.24, 2.45) is 0 Å². The molecule has 142 valence electrons. The average molecular weight is 503 g/mol. The van der Waals surface area contributed by atoms with E-state index in [1.54, 1.807) is 48.5 Å². The lowest BCUT2D eigenvalue weighted by Crippen LogP contribution is -2.31. The van der Waals surface area contributed by atoms with Crippen molar-refractivity contribution in [3.8, 4) is 0 Å². The summed E-state index contributed by atoms with van der Waals surface area (Å²) in [6.45, 7) is 0. The molecule has 0 heterocycles. The number of hydrogen-bond acceptors (Lipinski definition) is 3. The summed E-state index contributed by atoms with van der Waals surface area (Å²) in [4.78, 5) is 24.2. The summed E-state index contributed by atoms with van der Waals surface area (Å²) in [6.07, 6.45) is 0. The molecule has 28 heavy (non-hydrogen) atoms. The zero-order valence-corrected chi connectivity index (χ0v) is 17.9. The summed E-state index contributed by atoms with van der Waals surface area (Å²) in [5.74, 6) is -0.862. The fraction of sp³-hybridized carbons (Fsp3) is 0.136. The number of benzene rings is 3. The second kappa shape index (κ2) is 9.26. The highest BCUT2D eigenvalue weighted by Crippen LogP contribution is 2.40. The van der Waals surface area contributed by atoms with Crippen molar-refractivity contribution >= 4 is 37.6 Å². The second-order valence-corrected chi connectivity index (χ2v) is 8.25. The van der Waals surface area contributed by atoms with E-state index in [9.17, 15) is 14.9 Å². The Kier molecular flexibility index (Phi) is 6.75. The first-order valence-electron chi connectivity index (χ1n) is 8.66. The van der Waals surface area contributed by atoms with Crippen LogP contribution in [0.1, 0.15) is 33.4 Å². The summed E-state index contributed by atoms with van der Waals surface area (Å²) < 4.78 is 0.863. The Bertz CT molecular complexity index is 947. The average Bonchev–Trinajstić information content (AvgIpc) is 2.72. The summed E-state index contributed by atoms with van der Waals surface area (Å²) in [5, 5.41) is 12.1. The Hall–Kier alpha value is -2.31. The molecule has 0 saturated carbocycles. The van der Waals surface area contributed by atoms with E-state index in [0.717, 1.165) is 10.0 Å². The van der Waals surface area contributed by atoms with Crippen molar-refractivity contribution < 1.29 is 9.72 Å². The highest BCUT2D eigenvalue weighted by Gasteiger charge is 2.42. The lowest BCUT2D eigenvalue weighted by atomic mass is 9.82. The van der Waals surface area contributed by atoms with Crippen LogP contribution in [0, 0.1) is 10.1 Å². The molecular weight excluding hydrogens is 486 g/mol. The molecule has 0 aliphatic heterocycles. The molecule has 0 unspecified atom stereocenters. The minimum absolute atomic E-state index is 0.191. The van der Waals surface area contributed by atoms with E-state index in [4.69, 9.17) is 0 Å². The number of ketones is 1. The van der Waals surface area contributed by atoms with Crippen LogP contribution in [-0.4, -0.2) is 15.5 Å². The molecule has 0 radical (unpaired) electrons. The second-order valence-electron chi connectivity index (χ2n) is 6.35. The first-order valence-corrected chi connectivity index (χ1v) is 10.4. The number of carbonyl (C=O) groups is 1. The minimum Gasteiger partial charge on any atom is -0.293 e. The van der Waals surface area contributed by atoms with E-state index in [-0.39, 0.29) is 10.7 Å². The normalized spacial score (nSPS) is 14.1. The van der Waals surface area contributed by atoms with Crippen LogP contribution in [0.5, 0.6) is 0 Å². The Morgan fingerprint density at radius 3 is 1.82 bits per heavy atom. The van der Waals surface area contributed by atoms with Gasteiger partial charge in [-0.25, -0.2) is 0 Å². The van der Waals surface area contributed by atoms with E-state index >= 15 is 0 Å². The van der Waals surface area contributed by atoms with E-state index in [1.807, 2.05) is 36.4 Å². The van der Waals surface area contributed by atoms with Crippen molar-refractivity contribution in [3.05, 3.63) is 116 Å². The molecule has 3 aromatic carbocycles. The largest absolute Gasteiger partial charge is 0.293 e. The summed E-state index contributed by atoms with van der Waals surface area (Å²) >= 11 is 6.86. The van der Waals surface area contributed by atoms with Crippen molar-refractivity contribution in [2.75, 3.05) is 0 Å². The van der Waals surface area contributed by atoms with E-state index in [2.05, 4.69) is 31.9 Å². The fourth-order valence-electron chi connectivity index (χ4n) is 3.23. The van der Waals surface area contributed by atoms with Gasteiger partial charge < -0.3 is 0 Å². The maximum atomic E-state index is 13.1. The fourth-order valence-corrected chi connectivity index (χ4v) is 4.36. The number of hydrogen-bond donors (Lipinski definition) is 0. The lowest BCUT2D eigenvalue weighted by molar-refractivity contribution is -0.533. The van der Waals surface area contributed by atoms with E-state index in [1.165, 1.54) is 0 Å². The van der Waals surface area contributed by atoms with Crippen LogP contribution in [0.3, 0.4) is 0 Å². The number of nitro groups is 1. The Morgan fingerprint density at radius 2 is 1.32 bits per heavy atom. The molecule has 0 amide bonds. The first kappa shape index (κ1) is 20.4. The van der Waals surface area contributed by atoms with Gasteiger partial charge in [0.2, 0.25) is 6.04 Å². The zero-order chi connectivity index (χ0) is 20.1. The number of nitrogens with zero attached hydrogens (tertiary/aromatic N) is 1. The quantitative estimate of drug-likeness (QED) is 0.167. The third-order valence-corrected chi connectivity index (χ3v) is 6.10. The third-order valence-electron chi connectivity index (χ3n) is 4.59. The summed E-state index contributed by atoms with van der Waals surface area (Å²) in [6, 6.07) is 23.9. The molecule has 0 aliphatic rings. The van der Waals surface area contributed by atoms with Crippen molar-refractivity contribution in [1.29, 1.82) is 0 Å². The molecule has 6 heteroatoms. The maximum absolute atomic E-state index is 13.1. The molecule has 3 aromatic rings. The van der Waals surface area contributed by atoms with Gasteiger partial charge in [0, 0.05) is 20.5 Å². The maximum Gasteiger partial charge on any atom is 0.246 e. The van der Waals surface area contributed by atoms with Crippen LogP contribution in [0.15, 0.2) is 89.4 Å². The lowest BCUT2D eigenvalue weighted by Gasteiger charge is -2.25. The van der Waals surface area contributed by atoms with Crippen LogP contribution >= 0.6 is 31.9 Å². The van der Waals surface area contributed by atoms with Crippen molar-refractivity contribution in [3.63, 3.8) is 0 Å². The molecule has 0 N–H and O–H groups in total. The molecular formula is C22H17Br2NO3. The van der Waals surface area contributed by atoms with Crippen molar-refractivity contribution in [2.45, 2.75) is 16.8 Å². The van der Waals surface area contributed by atoms with E-state index < -0.39 is 16.8 Å². The minimum atomic E-state index is -1.06. The van der Waals surface area contributed by atoms with Gasteiger partial charge in [0.25, 0.3) is 0 Å². The summed E-state index contributed by atoms with van der Waals surface area (Å²) in [7, 11) is 0. The number of alkyl halides is 1.